The third-order valence-corrected chi connectivity index (χ3v) is 6.11. The van der Waals surface area contributed by atoms with E-state index in [1.165, 1.54) is 29.2 Å². The van der Waals surface area contributed by atoms with Crippen LogP contribution >= 0.6 is 11.6 Å². The van der Waals surface area contributed by atoms with Crippen LogP contribution in [0.3, 0.4) is 0 Å². The SMILES string of the molecule is O=C(CN1CCC[C@@H]1CO)N(Cc1ccc(-c2nnc(C(F)F)o2)cc1F)c1ccc(F)c(Cl)c1. The van der Waals surface area contributed by atoms with Crippen LogP contribution in [0.25, 0.3) is 11.5 Å². The number of likely N-dealkylation sites (tertiary alicyclic amines) is 1. The fourth-order valence-electron chi connectivity index (χ4n) is 3.96. The van der Waals surface area contributed by atoms with Crippen molar-refractivity contribution in [3.8, 4) is 11.5 Å². The summed E-state index contributed by atoms with van der Waals surface area (Å²) >= 11 is 5.92. The average Bonchev–Trinajstić information content (AvgIpc) is 3.50. The van der Waals surface area contributed by atoms with Gasteiger partial charge in [0.25, 0.3) is 5.89 Å². The molecule has 1 aromatic heterocycles. The number of benzene rings is 2. The molecule has 1 aliphatic heterocycles. The predicted octanol–water partition coefficient (Wildman–Crippen LogP) is 4.60. The van der Waals surface area contributed by atoms with Crippen molar-refractivity contribution in [2.75, 3.05) is 24.6 Å². The van der Waals surface area contributed by atoms with Gasteiger partial charge in [-0.3, -0.25) is 9.69 Å². The summed E-state index contributed by atoms with van der Waals surface area (Å²) in [5.41, 5.74) is 0.468. The van der Waals surface area contributed by atoms with Crippen LogP contribution in [0.5, 0.6) is 0 Å². The number of carbonyl (C=O) groups excluding carboxylic acids is 1. The van der Waals surface area contributed by atoms with Gasteiger partial charge in [0.2, 0.25) is 11.8 Å². The molecule has 0 spiro atoms. The minimum atomic E-state index is -2.96. The molecule has 35 heavy (non-hydrogen) atoms. The Morgan fingerprint density at radius 3 is 2.66 bits per heavy atom. The van der Waals surface area contributed by atoms with Crippen molar-refractivity contribution in [2.45, 2.75) is 31.9 Å². The monoisotopic (exact) mass is 512 g/mol. The number of hydrogen-bond acceptors (Lipinski definition) is 6. The number of anilines is 1. The van der Waals surface area contributed by atoms with Gasteiger partial charge < -0.3 is 14.4 Å². The molecule has 0 unspecified atom stereocenters. The lowest BCUT2D eigenvalue weighted by Crippen LogP contribution is -2.43. The van der Waals surface area contributed by atoms with Crippen molar-refractivity contribution in [3.63, 3.8) is 0 Å². The first kappa shape index (κ1) is 25.1. The van der Waals surface area contributed by atoms with Crippen LogP contribution in [0, 0.1) is 11.6 Å². The summed E-state index contributed by atoms with van der Waals surface area (Å²) in [4.78, 5) is 16.4. The van der Waals surface area contributed by atoms with Crippen LogP contribution < -0.4 is 4.90 Å². The Bertz CT molecular complexity index is 1210. The molecular weight excluding hydrogens is 492 g/mol. The van der Waals surface area contributed by atoms with E-state index in [0.29, 0.717) is 6.54 Å². The first-order valence-electron chi connectivity index (χ1n) is 10.8. The van der Waals surface area contributed by atoms with E-state index in [2.05, 4.69) is 10.2 Å². The van der Waals surface area contributed by atoms with Gasteiger partial charge in [-0.25, -0.2) is 8.78 Å². The van der Waals surface area contributed by atoms with Gasteiger partial charge in [0.1, 0.15) is 11.6 Å². The number of carbonyl (C=O) groups is 1. The van der Waals surface area contributed by atoms with Crippen molar-refractivity contribution in [2.24, 2.45) is 0 Å². The Morgan fingerprint density at radius 1 is 1.20 bits per heavy atom. The summed E-state index contributed by atoms with van der Waals surface area (Å²) in [5.74, 6) is -2.94. The zero-order valence-corrected chi connectivity index (χ0v) is 19.1. The summed E-state index contributed by atoms with van der Waals surface area (Å²) in [7, 11) is 0. The lowest BCUT2D eigenvalue weighted by molar-refractivity contribution is -0.120. The van der Waals surface area contributed by atoms with Gasteiger partial charge in [-0.15, -0.1) is 10.2 Å². The normalized spacial score (nSPS) is 16.3. The van der Waals surface area contributed by atoms with Crippen LogP contribution in [0.4, 0.5) is 23.2 Å². The van der Waals surface area contributed by atoms with E-state index in [0.717, 1.165) is 25.0 Å². The molecule has 186 valence electrons. The van der Waals surface area contributed by atoms with Crippen LogP contribution in [-0.4, -0.2) is 51.8 Å². The Balaban J connectivity index is 1.60. The van der Waals surface area contributed by atoms with Crippen molar-refractivity contribution in [1.29, 1.82) is 0 Å². The van der Waals surface area contributed by atoms with E-state index >= 15 is 4.39 Å². The number of alkyl halides is 2. The number of halogens is 5. The van der Waals surface area contributed by atoms with E-state index in [9.17, 15) is 23.1 Å². The van der Waals surface area contributed by atoms with Crippen molar-refractivity contribution in [1.82, 2.24) is 15.1 Å². The van der Waals surface area contributed by atoms with E-state index < -0.39 is 29.9 Å². The van der Waals surface area contributed by atoms with Crippen LogP contribution in [0.1, 0.15) is 30.7 Å². The van der Waals surface area contributed by atoms with Crippen LogP contribution in [0.15, 0.2) is 40.8 Å². The molecule has 0 radical (unpaired) electrons. The quantitative estimate of drug-likeness (QED) is 0.444. The third kappa shape index (κ3) is 5.63. The Kier molecular flexibility index (Phi) is 7.68. The number of rotatable bonds is 8. The number of nitrogens with zero attached hydrogens (tertiary/aromatic N) is 4. The van der Waals surface area contributed by atoms with Gasteiger partial charge in [0, 0.05) is 22.9 Å². The Hall–Kier alpha value is -3.02. The minimum absolute atomic E-state index is 0.0294. The van der Waals surface area contributed by atoms with Crippen molar-refractivity contribution < 1.29 is 31.9 Å². The first-order chi connectivity index (χ1) is 16.8. The lowest BCUT2D eigenvalue weighted by atomic mass is 10.1. The topological polar surface area (TPSA) is 82.7 Å². The highest BCUT2D eigenvalue weighted by Gasteiger charge is 2.28. The highest BCUT2D eigenvalue weighted by Crippen LogP contribution is 2.28. The lowest BCUT2D eigenvalue weighted by Gasteiger charge is -2.28. The number of aliphatic hydroxyl groups is 1. The summed E-state index contributed by atoms with van der Waals surface area (Å²) in [6.07, 6.45) is -1.37. The maximum Gasteiger partial charge on any atom is 0.314 e. The van der Waals surface area contributed by atoms with Crippen LogP contribution in [0.2, 0.25) is 5.02 Å². The first-order valence-corrected chi connectivity index (χ1v) is 11.1. The molecule has 0 saturated carbocycles. The summed E-state index contributed by atoms with van der Waals surface area (Å²) in [6.45, 7) is 0.298. The number of aliphatic hydroxyl groups excluding tert-OH is 1. The molecule has 0 bridgehead atoms. The molecule has 1 N–H and O–H groups in total. The summed E-state index contributed by atoms with van der Waals surface area (Å²) in [5, 5.41) is 16.1. The molecule has 12 heteroatoms. The third-order valence-electron chi connectivity index (χ3n) is 5.82. The molecule has 0 aliphatic carbocycles. The highest BCUT2D eigenvalue weighted by molar-refractivity contribution is 6.31. The van der Waals surface area contributed by atoms with Gasteiger partial charge in [0.15, 0.2) is 0 Å². The molecule has 3 aromatic rings. The highest BCUT2D eigenvalue weighted by atomic mass is 35.5. The van der Waals surface area contributed by atoms with Gasteiger partial charge in [-0.2, -0.15) is 8.78 Å². The van der Waals surface area contributed by atoms with Gasteiger partial charge in [0.05, 0.1) is 24.7 Å². The fourth-order valence-corrected chi connectivity index (χ4v) is 4.14. The zero-order valence-electron chi connectivity index (χ0n) is 18.3. The van der Waals surface area contributed by atoms with Crippen molar-refractivity contribution in [3.05, 3.63) is 64.5 Å². The average molecular weight is 513 g/mol. The second-order valence-electron chi connectivity index (χ2n) is 8.08. The molecule has 2 aromatic carbocycles. The van der Waals surface area contributed by atoms with E-state index in [-0.39, 0.29) is 53.5 Å². The molecule has 7 nitrogen and oxygen atoms in total. The minimum Gasteiger partial charge on any atom is -0.415 e. The fraction of sp³-hybridized carbons (Fsp3) is 0.348. The Morgan fingerprint density at radius 2 is 2.00 bits per heavy atom. The molecular formula is C23H21ClF4N4O3. The molecule has 1 atom stereocenters. The Labute approximate surface area is 202 Å². The molecule has 4 rings (SSSR count). The maximum absolute atomic E-state index is 15.0. The standard InChI is InChI=1S/C23H21ClF4N4O3/c24-17-9-15(5-6-18(17)25)32(20(34)11-31-7-1-2-16(31)12-33)10-14-4-3-13(8-19(14)26)22-29-30-23(35-22)21(27)28/h3-6,8-9,16,21,33H,1-2,7,10-12H2/t16-/m1/s1. The number of aromatic nitrogens is 2. The van der Waals surface area contributed by atoms with Crippen LogP contribution in [-0.2, 0) is 11.3 Å². The van der Waals surface area contributed by atoms with Gasteiger partial charge >= 0.3 is 6.43 Å². The van der Waals surface area contributed by atoms with E-state index in [1.807, 2.05) is 4.90 Å². The zero-order chi connectivity index (χ0) is 25.1. The van der Waals surface area contributed by atoms with Gasteiger partial charge in [-0.05, 0) is 49.7 Å². The maximum atomic E-state index is 15.0. The second-order valence-corrected chi connectivity index (χ2v) is 8.49. The smallest absolute Gasteiger partial charge is 0.314 e. The van der Waals surface area contributed by atoms with E-state index in [1.54, 1.807) is 0 Å². The van der Waals surface area contributed by atoms with Gasteiger partial charge in [-0.1, -0.05) is 17.7 Å². The molecule has 1 aliphatic rings. The van der Waals surface area contributed by atoms with Crippen molar-refractivity contribution >= 4 is 23.2 Å². The predicted molar refractivity (Wildman–Crippen MR) is 119 cm³/mol. The number of amides is 1. The molecule has 1 saturated heterocycles. The summed E-state index contributed by atoms with van der Waals surface area (Å²) in [6, 6.07) is 7.42. The summed E-state index contributed by atoms with van der Waals surface area (Å²) < 4.78 is 59.0. The van der Waals surface area contributed by atoms with E-state index in [4.69, 9.17) is 16.0 Å². The number of hydrogen-bond donors (Lipinski definition) is 1. The molecule has 1 fully saturated rings. The second kappa shape index (κ2) is 10.7. The molecule has 2 heterocycles. The molecule has 1 amide bonds. The largest absolute Gasteiger partial charge is 0.415 e.